The second kappa shape index (κ2) is 7.15. The smallest absolute Gasteiger partial charge is 0.307 e. The first-order valence-corrected chi connectivity index (χ1v) is 13.9. The summed E-state index contributed by atoms with van der Waals surface area (Å²) in [6.45, 7) is 9.81. The number of aromatic nitrogens is 3. The molecule has 0 radical (unpaired) electrons. The molecule has 2 aliphatic rings. The number of rotatable bonds is 7. The highest BCUT2D eigenvalue weighted by Crippen LogP contribution is 2.56. The first-order valence-electron chi connectivity index (χ1n) is 10.1. The third-order valence-electron chi connectivity index (χ3n) is 6.18. The van der Waals surface area contributed by atoms with Gasteiger partial charge >= 0.3 is 5.97 Å². The molecular formula is C20H30N4O3Si. The van der Waals surface area contributed by atoms with Crippen LogP contribution in [0.5, 0.6) is 0 Å². The van der Waals surface area contributed by atoms with Gasteiger partial charge in [0.25, 0.3) is 0 Å². The van der Waals surface area contributed by atoms with Crippen LogP contribution in [-0.2, 0) is 16.3 Å². The Bertz CT molecular complexity index is 872. The third kappa shape index (κ3) is 3.80. The van der Waals surface area contributed by atoms with Gasteiger partial charge in [0.2, 0.25) is 0 Å². The fourth-order valence-corrected chi connectivity index (χ4v) is 5.04. The maximum atomic E-state index is 11.6. The molecule has 1 N–H and O–H groups in total. The van der Waals surface area contributed by atoms with E-state index in [1.54, 1.807) is 6.33 Å². The van der Waals surface area contributed by atoms with Crippen LogP contribution in [0.2, 0.25) is 25.7 Å². The zero-order chi connectivity index (χ0) is 19.9. The van der Waals surface area contributed by atoms with Crippen LogP contribution in [0.1, 0.15) is 19.3 Å². The fraction of sp³-hybridized carbons (Fsp3) is 0.650. The monoisotopic (exact) mass is 402 g/mol. The molecule has 2 fully saturated rings. The molecule has 0 aromatic carbocycles. The van der Waals surface area contributed by atoms with E-state index in [0.717, 1.165) is 55.4 Å². The molecular weight excluding hydrogens is 372 g/mol. The Labute approximate surface area is 166 Å². The summed E-state index contributed by atoms with van der Waals surface area (Å²) >= 11 is 0. The minimum atomic E-state index is -1.09. The van der Waals surface area contributed by atoms with E-state index in [-0.39, 0.29) is 11.3 Å². The summed E-state index contributed by atoms with van der Waals surface area (Å²) < 4.78 is 7.92. The largest absolute Gasteiger partial charge is 0.481 e. The van der Waals surface area contributed by atoms with Crippen LogP contribution >= 0.6 is 0 Å². The van der Waals surface area contributed by atoms with Crippen molar-refractivity contribution in [3.05, 3.63) is 18.6 Å². The van der Waals surface area contributed by atoms with E-state index in [1.165, 1.54) is 0 Å². The van der Waals surface area contributed by atoms with Gasteiger partial charge in [-0.25, -0.2) is 9.97 Å². The van der Waals surface area contributed by atoms with Gasteiger partial charge in [0, 0.05) is 39.4 Å². The van der Waals surface area contributed by atoms with Crippen molar-refractivity contribution in [2.24, 2.45) is 11.3 Å². The van der Waals surface area contributed by atoms with Crippen LogP contribution in [0.3, 0.4) is 0 Å². The fourth-order valence-electron chi connectivity index (χ4n) is 4.28. The van der Waals surface area contributed by atoms with Gasteiger partial charge in [-0.1, -0.05) is 19.6 Å². The number of fused-ring (bicyclic) bond motifs is 1. The number of hydrogen-bond acceptors (Lipinski definition) is 5. The second-order valence-electron chi connectivity index (χ2n) is 9.53. The van der Waals surface area contributed by atoms with E-state index in [9.17, 15) is 9.90 Å². The molecule has 2 aromatic heterocycles. The molecule has 1 spiro atoms. The molecule has 3 heterocycles. The lowest BCUT2D eigenvalue weighted by Crippen LogP contribution is -2.45. The van der Waals surface area contributed by atoms with E-state index < -0.39 is 14.0 Å². The van der Waals surface area contributed by atoms with Gasteiger partial charge in [-0.15, -0.1) is 0 Å². The van der Waals surface area contributed by atoms with Crippen molar-refractivity contribution in [3.63, 3.8) is 0 Å². The average molecular weight is 403 g/mol. The van der Waals surface area contributed by atoms with E-state index in [2.05, 4.69) is 40.6 Å². The van der Waals surface area contributed by atoms with Crippen LogP contribution in [0.15, 0.2) is 18.6 Å². The molecule has 1 saturated heterocycles. The van der Waals surface area contributed by atoms with E-state index in [4.69, 9.17) is 4.74 Å². The molecule has 1 saturated carbocycles. The number of hydrogen-bond donors (Lipinski definition) is 1. The Morgan fingerprint density at radius 2 is 2.14 bits per heavy atom. The maximum absolute atomic E-state index is 11.6. The molecule has 1 atom stereocenters. The van der Waals surface area contributed by atoms with Crippen LogP contribution in [0, 0.1) is 11.3 Å². The summed E-state index contributed by atoms with van der Waals surface area (Å²) in [5, 5.41) is 10.6. The van der Waals surface area contributed by atoms with Crippen molar-refractivity contribution in [2.75, 3.05) is 24.6 Å². The van der Waals surface area contributed by atoms with Crippen molar-refractivity contribution in [2.45, 2.75) is 51.7 Å². The van der Waals surface area contributed by atoms with Crippen LogP contribution < -0.4 is 4.90 Å². The van der Waals surface area contributed by atoms with Crippen molar-refractivity contribution in [1.82, 2.24) is 14.5 Å². The molecule has 2 aromatic rings. The Morgan fingerprint density at radius 1 is 1.36 bits per heavy atom. The van der Waals surface area contributed by atoms with Gasteiger partial charge in [0.15, 0.2) is 0 Å². The van der Waals surface area contributed by atoms with Crippen LogP contribution in [-0.4, -0.2) is 53.4 Å². The normalized spacial score (nSPS) is 21.4. The summed E-state index contributed by atoms with van der Waals surface area (Å²) in [6.07, 6.45) is 6.30. The molecule has 1 aliphatic heterocycles. The maximum Gasteiger partial charge on any atom is 0.307 e. The van der Waals surface area contributed by atoms with Gasteiger partial charge in [-0.3, -0.25) is 4.79 Å². The number of anilines is 1. The molecule has 1 aliphatic carbocycles. The predicted molar refractivity (Wildman–Crippen MR) is 111 cm³/mol. The Hall–Kier alpha value is -1.93. The quantitative estimate of drug-likeness (QED) is 0.564. The Balaban J connectivity index is 1.49. The van der Waals surface area contributed by atoms with Crippen LogP contribution in [0.25, 0.3) is 11.0 Å². The van der Waals surface area contributed by atoms with Gasteiger partial charge in [0.05, 0.1) is 11.3 Å². The molecule has 28 heavy (non-hydrogen) atoms. The zero-order valence-electron chi connectivity index (χ0n) is 17.0. The highest BCUT2D eigenvalue weighted by Gasteiger charge is 2.55. The van der Waals surface area contributed by atoms with E-state index in [0.29, 0.717) is 13.2 Å². The number of carbonyl (C=O) groups is 1. The first-order chi connectivity index (χ1) is 13.3. The summed E-state index contributed by atoms with van der Waals surface area (Å²) in [5.74, 6) is 0.0537. The minimum Gasteiger partial charge on any atom is -0.481 e. The number of carboxylic acid groups (broad SMARTS) is 1. The molecule has 0 amide bonds. The number of ether oxygens (including phenoxy) is 1. The number of nitrogens with zero attached hydrogens (tertiary/aromatic N) is 4. The lowest BCUT2D eigenvalue weighted by atomic mass is 9.82. The third-order valence-corrected chi connectivity index (χ3v) is 7.89. The SMILES string of the molecule is C[Si](C)(C)CCOCn1ccc2c(N3CC[C@@H](C(=O)O)C4(CC4)C3)ncnc21. The summed E-state index contributed by atoms with van der Waals surface area (Å²) in [5.41, 5.74) is 0.812. The molecule has 4 rings (SSSR count). The standard InChI is InChI=1S/C20H30N4O3Si/c1-28(2,3)11-10-27-14-24-8-4-15-17(21-13-22-18(15)24)23-9-5-16(19(25)26)20(12-23)6-7-20/h4,8,13,16H,5-7,9-12,14H2,1-3H3,(H,25,26)/t16-/m0/s1. The highest BCUT2D eigenvalue weighted by atomic mass is 28.3. The Kier molecular flexibility index (Phi) is 4.95. The zero-order valence-corrected chi connectivity index (χ0v) is 18.0. The van der Waals surface area contributed by atoms with Gasteiger partial charge in [-0.2, -0.15) is 0 Å². The summed E-state index contributed by atoms with van der Waals surface area (Å²) in [4.78, 5) is 22.9. The van der Waals surface area contributed by atoms with Gasteiger partial charge < -0.3 is 19.3 Å². The topological polar surface area (TPSA) is 80.5 Å². The lowest BCUT2D eigenvalue weighted by molar-refractivity contribution is -0.144. The average Bonchev–Trinajstić information content (AvgIpc) is 3.25. The number of aliphatic carboxylic acids is 1. The number of piperidine rings is 1. The van der Waals surface area contributed by atoms with Crippen molar-refractivity contribution >= 4 is 30.9 Å². The van der Waals surface area contributed by atoms with Crippen molar-refractivity contribution in [3.8, 4) is 0 Å². The molecule has 152 valence electrons. The molecule has 7 nitrogen and oxygen atoms in total. The molecule has 0 unspecified atom stereocenters. The van der Waals surface area contributed by atoms with Crippen molar-refractivity contribution < 1.29 is 14.6 Å². The summed E-state index contributed by atoms with van der Waals surface area (Å²) in [6, 6.07) is 3.20. The predicted octanol–water partition coefficient (Wildman–Crippen LogP) is 3.43. The van der Waals surface area contributed by atoms with E-state index >= 15 is 0 Å². The summed E-state index contributed by atoms with van der Waals surface area (Å²) in [7, 11) is -1.09. The van der Waals surface area contributed by atoms with Gasteiger partial charge in [-0.05, 0) is 31.4 Å². The van der Waals surface area contributed by atoms with E-state index in [1.807, 2.05) is 10.8 Å². The highest BCUT2D eigenvalue weighted by molar-refractivity contribution is 6.76. The lowest BCUT2D eigenvalue weighted by Gasteiger charge is -2.38. The van der Waals surface area contributed by atoms with Crippen molar-refractivity contribution in [1.29, 1.82) is 0 Å². The minimum absolute atomic E-state index is 0.0656. The molecule has 8 heteroatoms. The molecule has 0 bridgehead atoms. The van der Waals surface area contributed by atoms with Crippen LogP contribution in [0.4, 0.5) is 5.82 Å². The number of carboxylic acids is 1. The van der Waals surface area contributed by atoms with Gasteiger partial charge in [0.1, 0.15) is 24.5 Å². The first kappa shape index (κ1) is 19.4. The Morgan fingerprint density at radius 3 is 2.82 bits per heavy atom. The second-order valence-corrected chi connectivity index (χ2v) is 15.2.